The number of aromatic nitrogens is 1. The number of hydrogen-bond donors (Lipinski definition) is 2. The molecule has 0 radical (unpaired) electrons. The van der Waals surface area contributed by atoms with Gasteiger partial charge in [-0.15, -0.1) is 0 Å². The van der Waals surface area contributed by atoms with Crippen LogP contribution in [0.1, 0.15) is 29.9 Å². The van der Waals surface area contributed by atoms with Crippen molar-refractivity contribution in [3.63, 3.8) is 0 Å². The standard InChI is InChI=1S/C23H24N4O3/c28-22-10-5-11-27(22)16-18-7-4-6-17(12-18)13-25-23(29)26-15-21-24-14-20(30-21)19-8-2-1-3-9-19/h1-4,6-9,12,14H,5,10-11,13,15-16H2,(H2,25,26,29). The molecule has 1 fully saturated rings. The molecule has 0 unspecified atom stereocenters. The summed E-state index contributed by atoms with van der Waals surface area (Å²) in [7, 11) is 0. The molecule has 30 heavy (non-hydrogen) atoms. The van der Waals surface area contributed by atoms with Gasteiger partial charge in [-0.05, 0) is 17.5 Å². The van der Waals surface area contributed by atoms with Crippen molar-refractivity contribution in [1.82, 2.24) is 20.5 Å². The van der Waals surface area contributed by atoms with E-state index >= 15 is 0 Å². The van der Waals surface area contributed by atoms with Crippen molar-refractivity contribution in [2.24, 2.45) is 0 Å². The predicted octanol–water partition coefficient (Wildman–Crippen LogP) is 3.46. The fourth-order valence-electron chi connectivity index (χ4n) is 3.46. The van der Waals surface area contributed by atoms with Crippen LogP contribution < -0.4 is 10.6 Å². The lowest BCUT2D eigenvalue weighted by Gasteiger charge is -2.16. The summed E-state index contributed by atoms with van der Waals surface area (Å²) in [5.74, 6) is 1.32. The van der Waals surface area contributed by atoms with Gasteiger partial charge in [-0.1, -0.05) is 54.6 Å². The van der Waals surface area contributed by atoms with E-state index < -0.39 is 0 Å². The summed E-state index contributed by atoms with van der Waals surface area (Å²) in [5.41, 5.74) is 2.99. The van der Waals surface area contributed by atoms with Gasteiger partial charge >= 0.3 is 6.03 Å². The number of rotatable bonds is 7. The first kappa shape index (κ1) is 19.7. The molecule has 0 spiro atoms. The van der Waals surface area contributed by atoms with Crippen LogP contribution in [-0.4, -0.2) is 28.4 Å². The number of nitrogens with one attached hydrogen (secondary N) is 2. The topological polar surface area (TPSA) is 87.5 Å². The smallest absolute Gasteiger partial charge is 0.315 e. The highest BCUT2D eigenvalue weighted by molar-refractivity contribution is 5.78. The number of benzene rings is 2. The molecule has 2 heterocycles. The molecule has 0 saturated carbocycles. The lowest BCUT2D eigenvalue weighted by Crippen LogP contribution is -2.34. The predicted molar refractivity (Wildman–Crippen MR) is 112 cm³/mol. The molecule has 0 bridgehead atoms. The SMILES string of the molecule is O=C(NCc1cccc(CN2CCCC2=O)c1)NCc1ncc(-c2ccccc2)o1. The Balaban J connectivity index is 1.25. The third-order valence-electron chi connectivity index (χ3n) is 5.00. The third kappa shape index (κ3) is 5.05. The summed E-state index contributed by atoms with van der Waals surface area (Å²) >= 11 is 0. The van der Waals surface area contributed by atoms with Crippen molar-refractivity contribution in [2.75, 3.05) is 6.54 Å². The summed E-state index contributed by atoms with van der Waals surface area (Å²) < 4.78 is 5.68. The Kier molecular flexibility index (Phi) is 6.08. The molecule has 1 saturated heterocycles. The van der Waals surface area contributed by atoms with Crippen molar-refractivity contribution < 1.29 is 14.0 Å². The summed E-state index contributed by atoms with van der Waals surface area (Å²) in [4.78, 5) is 30.0. The monoisotopic (exact) mass is 404 g/mol. The highest BCUT2D eigenvalue weighted by atomic mass is 16.4. The van der Waals surface area contributed by atoms with E-state index in [0.29, 0.717) is 31.2 Å². The number of likely N-dealkylation sites (tertiary alicyclic amines) is 1. The van der Waals surface area contributed by atoms with Gasteiger partial charge in [-0.25, -0.2) is 9.78 Å². The Labute approximate surface area is 175 Å². The van der Waals surface area contributed by atoms with Crippen LogP contribution in [0.4, 0.5) is 4.79 Å². The van der Waals surface area contributed by atoms with Crippen molar-refractivity contribution in [3.05, 3.63) is 77.8 Å². The third-order valence-corrected chi connectivity index (χ3v) is 5.00. The van der Waals surface area contributed by atoms with Crippen LogP contribution >= 0.6 is 0 Å². The van der Waals surface area contributed by atoms with Crippen LogP contribution in [0.2, 0.25) is 0 Å². The summed E-state index contributed by atoms with van der Waals surface area (Å²) in [6.45, 7) is 2.04. The van der Waals surface area contributed by atoms with E-state index in [9.17, 15) is 9.59 Å². The van der Waals surface area contributed by atoms with Crippen LogP contribution in [0.15, 0.2) is 65.2 Å². The number of carbonyl (C=O) groups excluding carboxylic acids is 2. The molecule has 3 aromatic rings. The number of nitrogens with zero attached hydrogens (tertiary/aromatic N) is 2. The quantitative estimate of drug-likeness (QED) is 0.631. The summed E-state index contributed by atoms with van der Waals surface area (Å²) in [5, 5.41) is 5.59. The maximum Gasteiger partial charge on any atom is 0.315 e. The first-order chi connectivity index (χ1) is 14.7. The van der Waals surface area contributed by atoms with Gasteiger partial charge in [0.2, 0.25) is 11.8 Å². The number of urea groups is 1. The molecule has 2 N–H and O–H groups in total. The van der Waals surface area contributed by atoms with E-state index in [1.165, 1.54) is 0 Å². The molecule has 0 atom stereocenters. The van der Waals surface area contributed by atoms with Gasteiger partial charge in [0.25, 0.3) is 0 Å². The van der Waals surface area contributed by atoms with Gasteiger partial charge in [0.15, 0.2) is 5.76 Å². The van der Waals surface area contributed by atoms with E-state index in [1.807, 2.05) is 59.5 Å². The van der Waals surface area contributed by atoms with Crippen LogP contribution in [0, 0.1) is 0 Å². The molecule has 1 aliphatic rings. The Bertz CT molecular complexity index is 1020. The molecule has 7 heteroatoms. The van der Waals surface area contributed by atoms with Crippen molar-refractivity contribution >= 4 is 11.9 Å². The van der Waals surface area contributed by atoms with Gasteiger partial charge in [0.1, 0.15) is 0 Å². The van der Waals surface area contributed by atoms with Gasteiger partial charge in [0, 0.05) is 31.6 Å². The second-order valence-corrected chi connectivity index (χ2v) is 7.26. The molecule has 4 rings (SSSR count). The minimum atomic E-state index is -0.297. The number of amides is 3. The average molecular weight is 404 g/mol. The minimum absolute atomic E-state index is 0.204. The Morgan fingerprint density at radius 3 is 2.63 bits per heavy atom. The highest BCUT2D eigenvalue weighted by Crippen LogP contribution is 2.19. The molecule has 3 amide bonds. The van der Waals surface area contributed by atoms with E-state index in [1.54, 1.807) is 6.20 Å². The van der Waals surface area contributed by atoms with Gasteiger partial charge < -0.3 is 20.0 Å². The van der Waals surface area contributed by atoms with Gasteiger partial charge in [0.05, 0.1) is 12.7 Å². The van der Waals surface area contributed by atoms with Crippen molar-refractivity contribution in [2.45, 2.75) is 32.5 Å². The summed E-state index contributed by atoms with van der Waals surface area (Å²) in [6, 6.07) is 17.3. The zero-order valence-electron chi connectivity index (χ0n) is 16.6. The minimum Gasteiger partial charge on any atom is -0.439 e. The molecule has 1 aromatic heterocycles. The van der Waals surface area contributed by atoms with Crippen LogP contribution in [0.25, 0.3) is 11.3 Å². The Morgan fingerprint density at radius 1 is 1.03 bits per heavy atom. The van der Waals surface area contributed by atoms with E-state index in [-0.39, 0.29) is 18.5 Å². The van der Waals surface area contributed by atoms with Crippen molar-refractivity contribution in [1.29, 1.82) is 0 Å². The molecule has 2 aromatic carbocycles. The molecule has 0 aliphatic carbocycles. The molecular weight excluding hydrogens is 380 g/mol. The summed E-state index contributed by atoms with van der Waals surface area (Å²) in [6.07, 6.45) is 3.22. The van der Waals surface area contributed by atoms with E-state index in [2.05, 4.69) is 15.6 Å². The largest absolute Gasteiger partial charge is 0.439 e. The molecular formula is C23H24N4O3. The average Bonchev–Trinajstić information content (AvgIpc) is 3.41. The first-order valence-corrected chi connectivity index (χ1v) is 10.0. The number of carbonyl (C=O) groups is 2. The normalized spacial score (nSPS) is 13.5. The fourth-order valence-corrected chi connectivity index (χ4v) is 3.46. The second-order valence-electron chi connectivity index (χ2n) is 7.26. The zero-order valence-corrected chi connectivity index (χ0v) is 16.6. The Hall–Kier alpha value is -3.61. The molecule has 1 aliphatic heterocycles. The van der Waals surface area contributed by atoms with Crippen LogP contribution in [0.3, 0.4) is 0 Å². The lowest BCUT2D eigenvalue weighted by atomic mass is 10.1. The van der Waals surface area contributed by atoms with Crippen LogP contribution in [-0.2, 0) is 24.4 Å². The second kappa shape index (κ2) is 9.26. The van der Waals surface area contributed by atoms with Crippen molar-refractivity contribution in [3.8, 4) is 11.3 Å². The zero-order chi connectivity index (χ0) is 20.8. The number of oxazole rings is 1. The van der Waals surface area contributed by atoms with Gasteiger partial charge in [-0.3, -0.25) is 4.79 Å². The van der Waals surface area contributed by atoms with E-state index in [0.717, 1.165) is 29.7 Å². The fraction of sp³-hybridized carbons (Fsp3) is 0.261. The maximum atomic E-state index is 12.1. The maximum absolute atomic E-state index is 12.1. The lowest BCUT2D eigenvalue weighted by molar-refractivity contribution is -0.128. The Morgan fingerprint density at radius 2 is 1.83 bits per heavy atom. The van der Waals surface area contributed by atoms with Gasteiger partial charge in [-0.2, -0.15) is 0 Å². The van der Waals surface area contributed by atoms with Crippen LogP contribution in [0.5, 0.6) is 0 Å². The molecule has 154 valence electrons. The first-order valence-electron chi connectivity index (χ1n) is 10.0. The highest BCUT2D eigenvalue weighted by Gasteiger charge is 2.19. The number of hydrogen-bond acceptors (Lipinski definition) is 4. The molecule has 7 nitrogen and oxygen atoms in total. The van der Waals surface area contributed by atoms with E-state index in [4.69, 9.17) is 4.42 Å².